The molecule has 4 nitrogen and oxygen atoms in total. The molecule has 114 valence electrons. The minimum absolute atomic E-state index is 0.129. The highest BCUT2D eigenvalue weighted by Crippen LogP contribution is 2.15. The highest BCUT2D eigenvalue weighted by Gasteiger charge is 2.15. The summed E-state index contributed by atoms with van der Waals surface area (Å²) in [7, 11) is 0. The summed E-state index contributed by atoms with van der Waals surface area (Å²) in [6.07, 6.45) is 0. The number of carbonyl (C=O) groups is 2. The van der Waals surface area contributed by atoms with Crippen molar-refractivity contribution in [1.82, 2.24) is 5.32 Å². The van der Waals surface area contributed by atoms with Gasteiger partial charge in [0.15, 0.2) is 0 Å². The molecule has 0 heterocycles. The van der Waals surface area contributed by atoms with Crippen molar-refractivity contribution < 1.29 is 9.59 Å². The Labute approximate surface area is 134 Å². The molecule has 1 atom stereocenters. The van der Waals surface area contributed by atoms with Crippen molar-refractivity contribution in [2.45, 2.75) is 12.8 Å². The van der Waals surface area contributed by atoms with Gasteiger partial charge in [0, 0.05) is 17.3 Å². The second-order valence-corrected chi connectivity index (χ2v) is 5.42. The predicted molar refractivity (Wildman–Crippen MR) is 87.9 cm³/mol. The third-order valence-corrected chi connectivity index (χ3v) is 3.46. The van der Waals surface area contributed by atoms with Gasteiger partial charge in [0.05, 0.1) is 0 Å². The van der Waals surface area contributed by atoms with Crippen LogP contribution in [0.4, 0.5) is 5.69 Å². The Balaban J connectivity index is 1.85. The second-order valence-electron chi connectivity index (χ2n) is 4.99. The quantitative estimate of drug-likeness (QED) is 0.851. The van der Waals surface area contributed by atoms with E-state index in [2.05, 4.69) is 10.6 Å². The van der Waals surface area contributed by atoms with Gasteiger partial charge in [-0.05, 0) is 29.7 Å². The molecule has 0 bridgehead atoms. The SMILES string of the molecule is C[C@@H](CNC(=O)C(=O)Nc1cccc(Cl)c1)c1ccccc1. The lowest BCUT2D eigenvalue weighted by Crippen LogP contribution is -2.37. The van der Waals surface area contributed by atoms with E-state index < -0.39 is 11.8 Å². The van der Waals surface area contributed by atoms with E-state index in [-0.39, 0.29) is 5.92 Å². The van der Waals surface area contributed by atoms with E-state index in [9.17, 15) is 9.59 Å². The molecule has 5 heteroatoms. The Morgan fingerprint density at radius 3 is 2.45 bits per heavy atom. The summed E-state index contributed by atoms with van der Waals surface area (Å²) in [5.41, 5.74) is 1.60. The van der Waals surface area contributed by atoms with Crippen LogP contribution in [0.2, 0.25) is 5.02 Å². The third-order valence-electron chi connectivity index (χ3n) is 3.23. The molecule has 22 heavy (non-hydrogen) atoms. The van der Waals surface area contributed by atoms with Gasteiger partial charge in [0.2, 0.25) is 0 Å². The van der Waals surface area contributed by atoms with Crippen molar-refractivity contribution in [3.8, 4) is 0 Å². The van der Waals surface area contributed by atoms with Crippen LogP contribution >= 0.6 is 11.6 Å². The van der Waals surface area contributed by atoms with E-state index in [0.29, 0.717) is 17.3 Å². The maximum Gasteiger partial charge on any atom is 0.313 e. The molecule has 0 aliphatic carbocycles. The highest BCUT2D eigenvalue weighted by molar-refractivity contribution is 6.39. The minimum Gasteiger partial charge on any atom is -0.347 e. The number of amides is 2. The summed E-state index contributed by atoms with van der Waals surface area (Å²) in [5.74, 6) is -1.24. The van der Waals surface area contributed by atoms with Crippen molar-refractivity contribution in [3.05, 3.63) is 65.2 Å². The molecule has 0 fully saturated rings. The van der Waals surface area contributed by atoms with Crippen LogP contribution in [0.15, 0.2) is 54.6 Å². The van der Waals surface area contributed by atoms with E-state index in [0.717, 1.165) is 5.56 Å². The predicted octanol–water partition coefficient (Wildman–Crippen LogP) is 3.20. The summed E-state index contributed by atoms with van der Waals surface area (Å²) in [4.78, 5) is 23.6. The molecule has 0 saturated heterocycles. The Morgan fingerprint density at radius 2 is 1.77 bits per heavy atom. The van der Waals surface area contributed by atoms with E-state index in [1.54, 1.807) is 24.3 Å². The van der Waals surface area contributed by atoms with Crippen LogP contribution in [0, 0.1) is 0 Å². The second kappa shape index (κ2) is 7.61. The Bertz CT molecular complexity index is 659. The first kappa shape index (κ1) is 16.0. The standard InChI is InChI=1S/C17H17ClN2O2/c1-12(13-6-3-2-4-7-13)11-19-16(21)17(22)20-15-9-5-8-14(18)10-15/h2-10,12H,11H2,1H3,(H,19,21)(H,20,22)/t12-/m0/s1. The largest absolute Gasteiger partial charge is 0.347 e. The van der Waals surface area contributed by atoms with Crippen molar-refractivity contribution in [3.63, 3.8) is 0 Å². The summed E-state index contributed by atoms with van der Waals surface area (Å²) >= 11 is 5.83. The van der Waals surface area contributed by atoms with E-state index >= 15 is 0 Å². The van der Waals surface area contributed by atoms with Gasteiger partial charge in [-0.1, -0.05) is 54.9 Å². The molecule has 0 aromatic heterocycles. The van der Waals surface area contributed by atoms with Crippen molar-refractivity contribution in [2.24, 2.45) is 0 Å². The number of halogens is 1. The molecule has 2 aromatic carbocycles. The Hall–Kier alpha value is -2.33. The van der Waals surface area contributed by atoms with Crippen LogP contribution in [0.5, 0.6) is 0 Å². The maximum absolute atomic E-state index is 11.8. The normalized spacial score (nSPS) is 11.5. The Morgan fingerprint density at radius 1 is 1.05 bits per heavy atom. The fourth-order valence-electron chi connectivity index (χ4n) is 1.98. The van der Waals surface area contributed by atoms with Crippen LogP contribution < -0.4 is 10.6 Å². The molecule has 0 spiro atoms. The minimum atomic E-state index is -0.706. The fourth-order valence-corrected chi connectivity index (χ4v) is 2.17. The number of nitrogens with one attached hydrogen (secondary N) is 2. The maximum atomic E-state index is 11.8. The third kappa shape index (κ3) is 4.60. The smallest absolute Gasteiger partial charge is 0.313 e. The molecule has 0 unspecified atom stereocenters. The highest BCUT2D eigenvalue weighted by atomic mass is 35.5. The van der Waals surface area contributed by atoms with Crippen LogP contribution in [-0.2, 0) is 9.59 Å². The molecule has 2 amide bonds. The molecule has 0 saturated carbocycles. The number of anilines is 1. The number of rotatable bonds is 4. The van der Waals surface area contributed by atoms with Crippen molar-refractivity contribution in [2.75, 3.05) is 11.9 Å². The molecule has 0 aliphatic rings. The van der Waals surface area contributed by atoms with E-state index in [1.165, 1.54) is 0 Å². The molecule has 0 radical (unpaired) electrons. The molecule has 2 N–H and O–H groups in total. The van der Waals surface area contributed by atoms with Gasteiger partial charge in [0.1, 0.15) is 0 Å². The molecule has 0 aliphatic heterocycles. The molecular weight excluding hydrogens is 300 g/mol. The van der Waals surface area contributed by atoms with Crippen LogP contribution in [0.1, 0.15) is 18.4 Å². The molecular formula is C17H17ClN2O2. The van der Waals surface area contributed by atoms with Gasteiger partial charge in [-0.25, -0.2) is 0 Å². The first-order chi connectivity index (χ1) is 10.6. The van der Waals surface area contributed by atoms with Crippen molar-refractivity contribution in [1.29, 1.82) is 0 Å². The zero-order valence-electron chi connectivity index (χ0n) is 12.2. The number of benzene rings is 2. The summed E-state index contributed by atoms with van der Waals surface area (Å²) in [6.45, 7) is 2.39. The summed E-state index contributed by atoms with van der Waals surface area (Å²) < 4.78 is 0. The lowest BCUT2D eigenvalue weighted by molar-refractivity contribution is -0.136. The van der Waals surface area contributed by atoms with Crippen LogP contribution in [0.3, 0.4) is 0 Å². The van der Waals surface area contributed by atoms with Gasteiger partial charge < -0.3 is 10.6 Å². The Kier molecular flexibility index (Phi) is 5.55. The summed E-state index contributed by atoms with van der Waals surface area (Å²) in [6, 6.07) is 16.5. The first-order valence-electron chi connectivity index (χ1n) is 6.96. The zero-order chi connectivity index (χ0) is 15.9. The van der Waals surface area contributed by atoms with Crippen molar-refractivity contribution >= 4 is 29.1 Å². The van der Waals surface area contributed by atoms with Crippen LogP contribution in [-0.4, -0.2) is 18.4 Å². The van der Waals surface area contributed by atoms with Gasteiger partial charge in [0.25, 0.3) is 0 Å². The first-order valence-corrected chi connectivity index (χ1v) is 7.34. The molecule has 2 rings (SSSR count). The molecule has 2 aromatic rings. The number of hydrogen-bond donors (Lipinski definition) is 2. The number of hydrogen-bond acceptors (Lipinski definition) is 2. The van der Waals surface area contributed by atoms with Gasteiger partial charge >= 0.3 is 11.8 Å². The monoisotopic (exact) mass is 316 g/mol. The number of carbonyl (C=O) groups excluding carboxylic acids is 2. The topological polar surface area (TPSA) is 58.2 Å². The fraction of sp³-hybridized carbons (Fsp3) is 0.176. The lowest BCUT2D eigenvalue weighted by Gasteiger charge is -2.13. The van der Waals surface area contributed by atoms with Gasteiger partial charge in [-0.15, -0.1) is 0 Å². The van der Waals surface area contributed by atoms with Crippen LogP contribution in [0.25, 0.3) is 0 Å². The lowest BCUT2D eigenvalue weighted by atomic mass is 10.0. The van der Waals surface area contributed by atoms with E-state index in [1.807, 2.05) is 37.3 Å². The zero-order valence-corrected chi connectivity index (χ0v) is 12.9. The van der Waals surface area contributed by atoms with E-state index in [4.69, 9.17) is 11.6 Å². The van der Waals surface area contributed by atoms with Gasteiger partial charge in [-0.2, -0.15) is 0 Å². The average Bonchev–Trinajstić information content (AvgIpc) is 2.53. The van der Waals surface area contributed by atoms with Gasteiger partial charge in [-0.3, -0.25) is 9.59 Å². The summed E-state index contributed by atoms with van der Waals surface area (Å²) in [5, 5.41) is 5.64. The average molecular weight is 317 g/mol.